The lowest BCUT2D eigenvalue weighted by Gasteiger charge is -2.22. The maximum atomic E-state index is 12.4. The topological polar surface area (TPSA) is 57.7 Å². The summed E-state index contributed by atoms with van der Waals surface area (Å²) in [6, 6.07) is 6.54. The number of hydrogen-bond acceptors (Lipinski definition) is 3. The number of sulfonamides is 1. The van der Waals surface area contributed by atoms with Crippen molar-refractivity contribution in [2.75, 3.05) is 19.6 Å². The van der Waals surface area contributed by atoms with E-state index < -0.39 is 10.0 Å². The zero-order valence-electron chi connectivity index (χ0n) is 13.4. The van der Waals surface area contributed by atoms with Crippen LogP contribution in [-0.4, -0.2) is 49.2 Å². The molecule has 1 atom stereocenters. The number of benzene rings is 1. The highest BCUT2D eigenvalue weighted by molar-refractivity contribution is 7.89. The lowest BCUT2D eigenvalue weighted by molar-refractivity contribution is 0.0747. The van der Waals surface area contributed by atoms with Crippen molar-refractivity contribution in [1.82, 2.24) is 9.21 Å². The standard InChI is InChI=1S/C16H24N2O3S/c1-4-17(5-2)22(20,21)15-10-8-14(9-11-15)16(19)18-12-6-7-13(18)3/h8-11,13H,4-7,12H2,1-3H3. The van der Waals surface area contributed by atoms with E-state index in [9.17, 15) is 13.2 Å². The predicted octanol–water partition coefficient (Wildman–Crippen LogP) is 2.34. The minimum absolute atomic E-state index is 0.0169. The van der Waals surface area contributed by atoms with Gasteiger partial charge >= 0.3 is 0 Å². The Hall–Kier alpha value is -1.40. The molecule has 1 aliphatic rings. The lowest BCUT2D eigenvalue weighted by atomic mass is 10.2. The van der Waals surface area contributed by atoms with Crippen molar-refractivity contribution in [3.05, 3.63) is 29.8 Å². The molecule has 0 N–H and O–H groups in total. The highest BCUT2D eigenvalue weighted by Gasteiger charge is 2.27. The number of nitrogens with zero attached hydrogens (tertiary/aromatic N) is 2. The molecule has 5 nitrogen and oxygen atoms in total. The van der Waals surface area contributed by atoms with Crippen LogP contribution in [0.3, 0.4) is 0 Å². The normalized spacial score (nSPS) is 18.9. The minimum Gasteiger partial charge on any atom is -0.336 e. The van der Waals surface area contributed by atoms with E-state index >= 15 is 0 Å². The van der Waals surface area contributed by atoms with E-state index in [1.54, 1.807) is 12.1 Å². The van der Waals surface area contributed by atoms with Crippen LogP contribution in [0.1, 0.15) is 44.0 Å². The van der Waals surface area contributed by atoms with Crippen LogP contribution in [0.4, 0.5) is 0 Å². The lowest BCUT2D eigenvalue weighted by Crippen LogP contribution is -2.33. The van der Waals surface area contributed by atoms with Gasteiger partial charge in [0.15, 0.2) is 0 Å². The summed E-state index contributed by atoms with van der Waals surface area (Å²) in [4.78, 5) is 14.5. The maximum absolute atomic E-state index is 12.4. The molecular formula is C16H24N2O3S. The molecule has 0 bridgehead atoms. The van der Waals surface area contributed by atoms with Gasteiger partial charge in [0, 0.05) is 31.2 Å². The zero-order chi connectivity index (χ0) is 16.3. The number of rotatable bonds is 5. The van der Waals surface area contributed by atoms with Crippen molar-refractivity contribution >= 4 is 15.9 Å². The first kappa shape index (κ1) is 17.0. The summed E-state index contributed by atoms with van der Waals surface area (Å²) in [5, 5.41) is 0. The quantitative estimate of drug-likeness (QED) is 0.835. The predicted molar refractivity (Wildman–Crippen MR) is 86.3 cm³/mol. The fraction of sp³-hybridized carbons (Fsp3) is 0.562. The average molecular weight is 324 g/mol. The molecule has 1 unspecified atom stereocenters. The molecule has 0 aliphatic carbocycles. The molecule has 1 saturated heterocycles. The molecule has 1 aromatic carbocycles. The Bertz CT molecular complexity index is 621. The molecular weight excluding hydrogens is 300 g/mol. The molecule has 1 aromatic rings. The molecule has 2 rings (SSSR count). The largest absolute Gasteiger partial charge is 0.336 e. The van der Waals surface area contributed by atoms with Gasteiger partial charge in [-0.1, -0.05) is 13.8 Å². The molecule has 0 radical (unpaired) electrons. The van der Waals surface area contributed by atoms with Crippen molar-refractivity contribution in [3.63, 3.8) is 0 Å². The smallest absolute Gasteiger partial charge is 0.254 e. The third kappa shape index (κ3) is 3.17. The van der Waals surface area contributed by atoms with Crippen LogP contribution in [0.2, 0.25) is 0 Å². The van der Waals surface area contributed by atoms with Crippen LogP contribution in [0.25, 0.3) is 0 Å². The molecule has 1 heterocycles. The number of amides is 1. The molecule has 22 heavy (non-hydrogen) atoms. The first-order valence-electron chi connectivity index (χ1n) is 7.83. The van der Waals surface area contributed by atoms with Crippen molar-refractivity contribution < 1.29 is 13.2 Å². The van der Waals surface area contributed by atoms with E-state index in [4.69, 9.17) is 0 Å². The van der Waals surface area contributed by atoms with Gasteiger partial charge in [0.05, 0.1) is 4.90 Å². The minimum atomic E-state index is -3.47. The number of likely N-dealkylation sites (tertiary alicyclic amines) is 1. The van der Waals surface area contributed by atoms with Gasteiger partial charge in [0.25, 0.3) is 5.91 Å². The highest BCUT2D eigenvalue weighted by atomic mass is 32.2. The fourth-order valence-corrected chi connectivity index (χ4v) is 4.34. The second kappa shape index (κ2) is 6.79. The Labute approximate surface area is 133 Å². The Morgan fingerprint density at radius 2 is 1.82 bits per heavy atom. The molecule has 0 spiro atoms. The van der Waals surface area contributed by atoms with Gasteiger partial charge in [-0.15, -0.1) is 0 Å². The SMILES string of the molecule is CCN(CC)S(=O)(=O)c1ccc(C(=O)N2CCCC2C)cc1. The van der Waals surface area contributed by atoms with E-state index in [1.165, 1.54) is 16.4 Å². The average Bonchev–Trinajstić information content (AvgIpc) is 2.93. The number of carbonyl (C=O) groups is 1. The molecule has 0 saturated carbocycles. The summed E-state index contributed by atoms with van der Waals surface area (Å²) in [6.45, 7) is 7.32. The van der Waals surface area contributed by atoms with Crippen LogP contribution in [0.5, 0.6) is 0 Å². The van der Waals surface area contributed by atoms with Crippen LogP contribution in [0, 0.1) is 0 Å². The van der Waals surface area contributed by atoms with Crippen molar-refractivity contribution in [3.8, 4) is 0 Å². The summed E-state index contributed by atoms with van der Waals surface area (Å²) >= 11 is 0. The first-order chi connectivity index (χ1) is 10.4. The first-order valence-corrected chi connectivity index (χ1v) is 9.27. The Morgan fingerprint density at radius 3 is 2.27 bits per heavy atom. The summed E-state index contributed by atoms with van der Waals surface area (Å²) in [5.41, 5.74) is 0.548. The van der Waals surface area contributed by atoms with Gasteiger partial charge in [0.2, 0.25) is 10.0 Å². The third-order valence-corrected chi connectivity index (χ3v) is 6.32. The Morgan fingerprint density at radius 1 is 1.23 bits per heavy atom. The summed E-state index contributed by atoms with van der Waals surface area (Å²) < 4.78 is 26.2. The highest BCUT2D eigenvalue weighted by Crippen LogP contribution is 2.21. The molecule has 122 valence electrons. The Balaban J connectivity index is 2.22. The van der Waals surface area contributed by atoms with Gasteiger partial charge < -0.3 is 4.90 Å². The van der Waals surface area contributed by atoms with Gasteiger partial charge in [-0.3, -0.25) is 4.79 Å². The number of carbonyl (C=O) groups excluding carboxylic acids is 1. The monoisotopic (exact) mass is 324 g/mol. The van der Waals surface area contributed by atoms with E-state index in [0.717, 1.165) is 19.4 Å². The maximum Gasteiger partial charge on any atom is 0.254 e. The summed E-state index contributed by atoms with van der Waals surface area (Å²) in [5.74, 6) is -0.0169. The van der Waals surface area contributed by atoms with Crippen LogP contribution < -0.4 is 0 Å². The summed E-state index contributed by atoms with van der Waals surface area (Å²) in [7, 11) is -3.47. The van der Waals surface area contributed by atoms with Crippen LogP contribution in [-0.2, 0) is 10.0 Å². The third-order valence-electron chi connectivity index (χ3n) is 4.26. The van der Waals surface area contributed by atoms with Crippen molar-refractivity contribution in [2.24, 2.45) is 0 Å². The van der Waals surface area contributed by atoms with E-state index in [2.05, 4.69) is 0 Å². The molecule has 0 aromatic heterocycles. The van der Waals surface area contributed by atoms with Crippen molar-refractivity contribution in [1.29, 1.82) is 0 Å². The molecule has 1 aliphatic heterocycles. The van der Waals surface area contributed by atoms with Crippen LogP contribution >= 0.6 is 0 Å². The van der Waals surface area contributed by atoms with Crippen molar-refractivity contribution in [2.45, 2.75) is 44.6 Å². The Kier molecular flexibility index (Phi) is 5.24. The van der Waals surface area contributed by atoms with E-state index in [0.29, 0.717) is 18.7 Å². The summed E-state index contributed by atoms with van der Waals surface area (Å²) in [6.07, 6.45) is 2.06. The van der Waals surface area contributed by atoms with Gasteiger partial charge in [0.1, 0.15) is 0 Å². The van der Waals surface area contributed by atoms with Gasteiger partial charge in [-0.05, 0) is 44.0 Å². The van der Waals surface area contributed by atoms with E-state index in [1.807, 2.05) is 25.7 Å². The molecule has 1 fully saturated rings. The van der Waals surface area contributed by atoms with Gasteiger partial charge in [-0.25, -0.2) is 8.42 Å². The molecule has 6 heteroatoms. The zero-order valence-corrected chi connectivity index (χ0v) is 14.3. The van der Waals surface area contributed by atoms with Crippen LogP contribution in [0.15, 0.2) is 29.2 Å². The second-order valence-electron chi connectivity index (χ2n) is 5.60. The fourth-order valence-electron chi connectivity index (χ4n) is 2.88. The van der Waals surface area contributed by atoms with Gasteiger partial charge in [-0.2, -0.15) is 4.31 Å². The van der Waals surface area contributed by atoms with E-state index in [-0.39, 0.29) is 16.8 Å². The number of hydrogen-bond donors (Lipinski definition) is 0. The second-order valence-corrected chi connectivity index (χ2v) is 7.54. The molecule has 1 amide bonds.